The Morgan fingerprint density at radius 1 is 0.774 bits per heavy atom. The molecule has 3 rings (SSSR count). The number of rotatable bonds is 5. The zero-order valence-electron chi connectivity index (χ0n) is 17.2. The van der Waals surface area contributed by atoms with Gasteiger partial charge in [0.25, 0.3) is 0 Å². The Kier molecular flexibility index (Phi) is 7.03. The van der Waals surface area contributed by atoms with E-state index in [0.29, 0.717) is 16.8 Å². The lowest BCUT2D eigenvalue weighted by Gasteiger charge is -2.08. The third kappa shape index (κ3) is 5.72. The highest BCUT2D eigenvalue weighted by molar-refractivity contribution is 6.25. The van der Waals surface area contributed by atoms with Gasteiger partial charge in [-0.15, -0.1) is 10.2 Å². The first kappa shape index (κ1) is 21.2. The van der Waals surface area contributed by atoms with E-state index < -0.39 is 0 Å². The molecule has 1 N–H and O–H groups in total. The molecule has 6 nitrogen and oxygen atoms in total. The van der Waals surface area contributed by atoms with E-state index in [1.54, 1.807) is 12.1 Å². The van der Waals surface area contributed by atoms with E-state index in [1.165, 1.54) is 0 Å². The molecule has 0 unspecified atom stereocenters. The van der Waals surface area contributed by atoms with E-state index in [-0.39, 0.29) is 11.4 Å². The molecule has 6 heteroatoms. The van der Waals surface area contributed by atoms with E-state index in [9.17, 15) is 10.5 Å². The molecule has 0 radical (unpaired) electrons. The van der Waals surface area contributed by atoms with Crippen molar-refractivity contribution in [2.45, 2.75) is 13.8 Å². The van der Waals surface area contributed by atoms with Gasteiger partial charge in [0.05, 0.1) is 16.9 Å². The molecule has 0 saturated heterocycles. The number of hydrogen-bond donors (Lipinski definition) is 1. The number of nitrogens with zero attached hydrogens (tertiary/aromatic N) is 5. The minimum absolute atomic E-state index is 0.0986. The summed E-state index contributed by atoms with van der Waals surface area (Å²) in [4.78, 5) is 0. The summed E-state index contributed by atoms with van der Waals surface area (Å²) in [7, 11) is 0. The van der Waals surface area contributed by atoms with E-state index in [0.717, 1.165) is 16.8 Å². The molecular weight excluding hydrogens is 384 g/mol. The van der Waals surface area contributed by atoms with Crippen molar-refractivity contribution < 1.29 is 0 Å². The molecule has 0 aliphatic heterocycles. The average Bonchev–Trinajstić information content (AvgIpc) is 2.81. The Morgan fingerprint density at radius 2 is 1.35 bits per heavy atom. The fraction of sp³-hybridized carbons (Fsp3) is 0.0800. The summed E-state index contributed by atoms with van der Waals surface area (Å²) >= 11 is 0. The maximum absolute atomic E-state index is 9.56. The number of nitriles is 2. The number of benzene rings is 3. The first-order valence-corrected chi connectivity index (χ1v) is 9.60. The van der Waals surface area contributed by atoms with Gasteiger partial charge in [-0.2, -0.15) is 15.6 Å². The molecule has 150 valence electrons. The fourth-order valence-corrected chi connectivity index (χ4v) is 2.72. The lowest BCUT2D eigenvalue weighted by molar-refractivity contribution is 1.23. The van der Waals surface area contributed by atoms with Crippen LogP contribution in [0, 0.1) is 36.5 Å². The van der Waals surface area contributed by atoms with Crippen molar-refractivity contribution in [2.24, 2.45) is 15.3 Å². The monoisotopic (exact) mass is 404 g/mol. The van der Waals surface area contributed by atoms with Crippen LogP contribution < -0.4 is 5.43 Å². The van der Waals surface area contributed by atoms with Gasteiger partial charge in [0.15, 0.2) is 0 Å². The maximum atomic E-state index is 9.56. The zero-order valence-corrected chi connectivity index (χ0v) is 17.2. The van der Waals surface area contributed by atoms with Crippen LogP contribution in [-0.2, 0) is 0 Å². The third-order valence-electron chi connectivity index (χ3n) is 4.40. The van der Waals surface area contributed by atoms with Crippen LogP contribution in [0.5, 0.6) is 0 Å². The van der Waals surface area contributed by atoms with Crippen molar-refractivity contribution in [2.75, 3.05) is 5.43 Å². The van der Waals surface area contributed by atoms with Crippen LogP contribution in [0.25, 0.3) is 5.57 Å². The van der Waals surface area contributed by atoms with Crippen molar-refractivity contribution in [3.05, 3.63) is 101 Å². The number of aryl methyl sites for hydroxylation is 2. The van der Waals surface area contributed by atoms with Crippen LogP contribution >= 0.6 is 0 Å². The Morgan fingerprint density at radius 3 is 1.94 bits per heavy atom. The Bertz CT molecular complexity index is 1190. The van der Waals surface area contributed by atoms with Crippen LogP contribution in [0.2, 0.25) is 0 Å². The van der Waals surface area contributed by atoms with Crippen molar-refractivity contribution in [3.63, 3.8) is 0 Å². The van der Waals surface area contributed by atoms with E-state index in [2.05, 4.69) is 20.8 Å². The number of anilines is 1. The van der Waals surface area contributed by atoms with Gasteiger partial charge in [-0.25, -0.2) is 0 Å². The number of hydrazone groups is 1. The average molecular weight is 404 g/mol. The number of hydrogen-bond acceptors (Lipinski definition) is 5. The van der Waals surface area contributed by atoms with Crippen molar-refractivity contribution in [3.8, 4) is 12.1 Å². The van der Waals surface area contributed by atoms with E-state index in [4.69, 9.17) is 0 Å². The molecule has 0 bridgehead atoms. The van der Waals surface area contributed by atoms with Crippen LogP contribution in [0.15, 0.2) is 99.8 Å². The molecule has 0 atom stereocenters. The van der Waals surface area contributed by atoms with Gasteiger partial charge in [0, 0.05) is 0 Å². The van der Waals surface area contributed by atoms with Crippen LogP contribution in [0.1, 0.15) is 16.7 Å². The molecule has 0 saturated carbocycles. The highest BCUT2D eigenvalue weighted by Gasteiger charge is 2.17. The van der Waals surface area contributed by atoms with Gasteiger partial charge in [-0.3, -0.25) is 5.43 Å². The summed E-state index contributed by atoms with van der Waals surface area (Å²) in [6, 6.07) is 28.2. The second-order valence-corrected chi connectivity index (χ2v) is 6.79. The third-order valence-corrected chi connectivity index (χ3v) is 4.40. The summed E-state index contributed by atoms with van der Waals surface area (Å²) in [5.41, 5.74) is 7.42. The van der Waals surface area contributed by atoms with Gasteiger partial charge in [-0.1, -0.05) is 65.7 Å². The summed E-state index contributed by atoms with van der Waals surface area (Å²) in [6.45, 7) is 3.98. The first-order valence-electron chi connectivity index (χ1n) is 9.60. The zero-order chi connectivity index (χ0) is 22.1. The summed E-state index contributed by atoms with van der Waals surface area (Å²) in [5.74, 6) is 0.130. The number of allylic oxidation sites excluding steroid dienone is 1. The second kappa shape index (κ2) is 10.3. The predicted molar refractivity (Wildman–Crippen MR) is 123 cm³/mol. The predicted octanol–water partition coefficient (Wildman–Crippen LogP) is 6.31. The topological polar surface area (TPSA) is 96.7 Å². The molecule has 31 heavy (non-hydrogen) atoms. The molecular formula is C25H20N6. The molecule has 0 aromatic heterocycles. The molecule has 0 aliphatic rings. The van der Waals surface area contributed by atoms with Crippen molar-refractivity contribution in [1.82, 2.24) is 0 Å². The highest BCUT2D eigenvalue weighted by atomic mass is 15.3. The molecule has 3 aromatic carbocycles. The molecule has 3 aromatic rings. The lowest BCUT2D eigenvalue weighted by atomic mass is 10.00. The van der Waals surface area contributed by atoms with E-state index >= 15 is 0 Å². The minimum Gasteiger partial charge on any atom is -0.276 e. The van der Waals surface area contributed by atoms with Gasteiger partial charge in [0.1, 0.15) is 17.7 Å². The Hall–Kier alpha value is -4.55. The van der Waals surface area contributed by atoms with Crippen LogP contribution in [0.3, 0.4) is 0 Å². The smallest absolute Gasteiger partial charge is 0.203 e. The minimum atomic E-state index is -0.0986. The van der Waals surface area contributed by atoms with E-state index in [1.807, 2.05) is 92.7 Å². The van der Waals surface area contributed by atoms with Crippen LogP contribution in [0.4, 0.5) is 11.4 Å². The van der Waals surface area contributed by atoms with Crippen molar-refractivity contribution in [1.29, 1.82) is 10.5 Å². The number of azo groups is 1. The maximum Gasteiger partial charge on any atom is 0.203 e. The Balaban J connectivity index is 2.10. The summed E-state index contributed by atoms with van der Waals surface area (Å²) < 4.78 is 0. The molecule has 0 fully saturated rings. The Labute approximate surface area is 181 Å². The standard InChI is InChI=1S/C25H20N6/c1-18-8-12-22(13-9-18)28-30-25(31-29-23-14-10-19(2)11-15-23)24(21(16-26)17-27)20-6-4-3-5-7-20/h3-15,28H,1-2H3/b30-25-,31-29?. The first-order chi connectivity index (χ1) is 15.1. The number of amidine groups is 1. The highest BCUT2D eigenvalue weighted by Crippen LogP contribution is 2.23. The van der Waals surface area contributed by atoms with Crippen LogP contribution in [-0.4, -0.2) is 5.84 Å². The summed E-state index contributed by atoms with van der Waals surface area (Å²) in [6.07, 6.45) is 0. The molecule has 0 amide bonds. The molecule has 0 spiro atoms. The normalized spacial score (nSPS) is 10.9. The quantitative estimate of drug-likeness (QED) is 0.177. The fourth-order valence-electron chi connectivity index (χ4n) is 2.72. The molecule has 0 heterocycles. The second-order valence-electron chi connectivity index (χ2n) is 6.79. The molecule has 0 aliphatic carbocycles. The van der Waals surface area contributed by atoms with Gasteiger partial charge < -0.3 is 0 Å². The van der Waals surface area contributed by atoms with Gasteiger partial charge in [-0.05, 0) is 43.7 Å². The van der Waals surface area contributed by atoms with Crippen molar-refractivity contribution >= 4 is 22.8 Å². The van der Waals surface area contributed by atoms with Gasteiger partial charge in [0.2, 0.25) is 5.84 Å². The van der Waals surface area contributed by atoms with Gasteiger partial charge >= 0.3 is 0 Å². The lowest BCUT2D eigenvalue weighted by Crippen LogP contribution is -2.05. The SMILES string of the molecule is Cc1ccc(N=N/C(=N\Nc2ccc(C)cc2)C(=C(C#N)C#N)c2ccccc2)cc1. The largest absolute Gasteiger partial charge is 0.276 e. The number of nitrogens with one attached hydrogen (secondary N) is 1. The summed E-state index contributed by atoms with van der Waals surface area (Å²) in [5, 5.41) is 32.1.